The molecule has 1 aliphatic heterocycles. The number of hydrogen-bond acceptors (Lipinski definition) is 18. The number of imide groups is 1. The zero-order chi connectivity index (χ0) is 69.2. The summed E-state index contributed by atoms with van der Waals surface area (Å²) in [6.45, 7) is 10.5. The number of ether oxygens (including phenoxy) is 6. The number of amides is 2. The summed E-state index contributed by atoms with van der Waals surface area (Å²) in [4.78, 5) is 63.1. The van der Waals surface area contributed by atoms with E-state index in [9.17, 15) is 29.1 Å². The molecule has 1 fully saturated rings. The summed E-state index contributed by atoms with van der Waals surface area (Å²) < 4.78 is 54.9. The molecule has 20 heteroatoms. The second-order valence-corrected chi connectivity index (χ2v) is 25.1. The second kappa shape index (κ2) is 33.9. The molecule has 98 heavy (non-hydrogen) atoms. The van der Waals surface area contributed by atoms with Gasteiger partial charge in [0, 0.05) is 68.6 Å². The van der Waals surface area contributed by atoms with Gasteiger partial charge < -0.3 is 61.0 Å². The zero-order valence-electron chi connectivity index (χ0n) is 56.3. The number of hydrogen-bond donors (Lipinski definition) is 2. The van der Waals surface area contributed by atoms with Gasteiger partial charge in [-0.2, -0.15) is 0 Å². The average Bonchev–Trinajstić information content (AvgIpc) is 1.58. The van der Waals surface area contributed by atoms with E-state index in [0.717, 1.165) is 164 Å². The second-order valence-electron chi connectivity index (χ2n) is 24.3. The van der Waals surface area contributed by atoms with E-state index in [2.05, 4.69) is 51.2 Å². The first kappa shape index (κ1) is 70.9. The summed E-state index contributed by atoms with van der Waals surface area (Å²) in [6.07, 6.45) is 10.9. The number of alkyl halides is 1. The van der Waals surface area contributed by atoms with Gasteiger partial charge in [-0.1, -0.05) is 40.2 Å². The molecular weight excluding hydrogens is 1310 g/mol. The minimum absolute atomic E-state index is 0.186. The third kappa shape index (κ3) is 18.6. The van der Waals surface area contributed by atoms with E-state index in [4.69, 9.17) is 46.1 Å². The Kier molecular flexibility index (Phi) is 24.5. The van der Waals surface area contributed by atoms with Crippen molar-refractivity contribution >= 4 is 133 Å². The van der Waals surface area contributed by atoms with E-state index in [1.807, 2.05) is 117 Å². The molecule has 0 radical (unpaired) electrons. The molecule has 0 saturated carbocycles. The van der Waals surface area contributed by atoms with Crippen LogP contribution in [0.15, 0.2) is 164 Å². The maximum absolute atomic E-state index is 12.3. The minimum atomic E-state index is -0.359. The van der Waals surface area contributed by atoms with Gasteiger partial charge in [0.05, 0.1) is 89.9 Å². The van der Waals surface area contributed by atoms with Crippen LogP contribution in [0.1, 0.15) is 81.0 Å². The van der Waals surface area contributed by atoms with Crippen molar-refractivity contribution in [2.24, 2.45) is 0 Å². The molecule has 2 N–H and O–H groups in total. The Labute approximate surface area is 575 Å². The number of halogens is 1. The summed E-state index contributed by atoms with van der Waals surface area (Å²) in [7, 11) is 8.21. The molecule has 19 nitrogen and oxygen atoms in total. The third-order valence-corrected chi connectivity index (χ3v) is 17.0. The first-order valence-corrected chi connectivity index (χ1v) is 34.1. The lowest BCUT2D eigenvalue weighted by Crippen LogP contribution is -2.39. The molecule has 1 atom stereocenters. The van der Waals surface area contributed by atoms with Crippen molar-refractivity contribution in [3.8, 4) is 23.0 Å². The maximum atomic E-state index is 12.3. The molecule has 12 aromatic rings. The van der Waals surface area contributed by atoms with E-state index < -0.39 is 0 Å². The van der Waals surface area contributed by atoms with Crippen molar-refractivity contribution in [3.63, 3.8) is 0 Å². The number of aromatic hydroxyl groups is 1. The van der Waals surface area contributed by atoms with Gasteiger partial charge in [-0.15, -0.1) is 0 Å². The molecular formula is C78H82BrN3O16. The molecule has 512 valence electrons. The Morgan fingerprint density at radius 1 is 0.480 bits per heavy atom. The number of furan rings is 4. The highest BCUT2D eigenvalue weighted by Crippen LogP contribution is 2.37. The van der Waals surface area contributed by atoms with E-state index in [1.54, 1.807) is 58.0 Å². The number of nitrogens with zero attached hydrogens (tertiary/aromatic N) is 2. The Morgan fingerprint density at radius 3 is 1.23 bits per heavy atom. The quantitative estimate of drug-likeness (QED) is 0.0188. The number of carbonyl (C=O) groups excluding carboxylic acids is 5. The topological polar surface area (TPSA) is 232 Å². The minimum Gasteiger partial charge on any atom is -0.508 e. The number of rotatable bonds is 24. The Bertz CT molecular complexity index is 4770. The van der Waals surface area contributed by atoms with Crippen LogP contribution in [0.3, 0.4) is 0 Å². The molecule has 1 aliphatic rings. The van der Waals surface area contributed by atoms with Crippen molar-refractivity contribution in [2.75, 3.05) is 86.3 Å². The average molecular weight is 1400 g/mol. The molecule has 8 aromatic carbocycles. The van der Waals surface area contributed by atoms with Crippen LogP contribution in [0, 0.1) is 0 Å². The van der Waals surface area contributed by atoms with Gasteiger partial charge in [0.25, 0.3) is 0 Å². The lowest BCUT2D eigenvalue weighted by atomic mass is 9.90. The van der Waals surface area contributed by atoms with Gasteiger partial charge in [0.1, 0.15) is 45.3 Å². The lowest BCUT2D eigenvalue weighted by Gasteiger charge is -2.19. The van der Waals surface area contributed by atoms with E-state index in [0.29, 0.717) is 52.5 Å². The van der Waals surface area contributed by atoms with E-state index in [1.165, 1.54) is 0 Å². The molecule has 0 aliphatic carbocycles. The predicted octanol–water partition coefficient (Wildman–Crippen LogP) is 15.7. The van der Waals surface area contributed by atoms with Crippen molar-refractivity contribution < 1.29 is 75.2 Å². The monoisotopic (exact) mass is 1400 g/mol. The van der Waals surface area contributed by atoms with Crippen LogP contribution in [0.4, 0.5) is 0 Å². The summed E-state index contributed by atoms with van der Waals surface area (Å²) >= 11 is 3.40. The van der Waals surface area contributed by atoms with Gasteiger partial charge in [-0.3, -0.25) is 29.3 Å². The van der Waals surface area contributed by atoms with Crippen LogP contribution in [0.2, 0.25) is 0 Å². The van der Waals surface area contributed by atoms with Crippen LogP contribution in [0.25, 0.3) is 87.0 Å². The standard InChI is InChI=1S/C22H24N2O4.C21H25NO4.C19H19BrO4.C16H14O4/c1-24(2)8-3-9-27-16-5-4-14-12-20-18(11-15(14)10-16)19(13-28-20)17-6-7-21(25)23-22(17)26;1-4-24-21(23)13-17-14-26-20-12-15-6-7-18(10-16(15)11-19(17)20)25-9-5-8-22(2)3;1-2-22-19(21)11-15-12-24-18-10-13-4-5-16(23-7-3-6-20)8-14(13)9-17(15)18;1-2-19-16(18)8-12-9-20-15-7-10-3-4-13(17)5-11(10)6-14(12)15/h4-5,10-13,17H,3,6-9H2,1-2H3,(H,23,25,26);6-7,10-12,14H,4-5,8-9,13H2,1-3H3;4-5,8-10,12H,2-3,6-7,11H2,1H3;3-7,9,17H,2,8H2,1H3. The molecule has 0 bridgehead atoms. The number of benzene rings is 8. The fourth-order valence-corrected chi connectivity index (χ4v) is 11.8. The van der Waals surface area contributed by atoms with Crippen LogP contribution in [-0.4, -0.2) is 131 Å². The number of nitrogens with one attached hydrogen (secondary N) is 1. The van der Waals surface area contributed by atoms with Gasteiger partial charge in [0.2, 0.25) is 11.8 Å². The van der Waals surface area contributed by atoms with Crippen LogP contribution in [-0.2, 0) is 57.4 Å². The maximum Gasteiger partial charge on any atom is 0.310 e. The zero-order valence-corrected chi connectivity index (χ0v) is 57.9. The van der Waals surface area contributed by atoms with Gasteiger partial charge >= 0.3 is 17.9 Å². The highest BCUT2D eigenvalue weighted by molar-refractivity contribution is 9.09. The normalized spacial score (nSPS) is 13.0. The van der Waals surface area contributed by atoms with Crippen LogP contribution < -0.4 is 19.5 Å². The predicted molar refractivity (Wildman–Crippen MR) is 384 cm³/mol. The smallest absolute Gasteiger partial charge is 0.310 e. The van der Waals surface area contributed by atoms with Gasteiger partial charge in [-0.05, 0) is 215 Å². The first-order valence-electron chi connectivity index (χ1n) is 33.0. The van der Waals surface area contributed by atoms with Crippen molar-refractivity contribution in [3.05, 3.63) is 169 Å². The molecule has 0 spiro atoms. The fraction of sp³-hybridized carbons (Fsp3) is 0.321. The Balaban J connectivity index is 0.000000143. The van der Waals surface area contributed by atoms with E-state index >= 15 is 0 Å². The first-order chi connectivity index (χ1) is 47.4. The number of piperidine rings is 1. The summed E-state index contributed by atoms with van der Waals surface area (Å²) in [5.41, 5.74) is 6.33. The Morgan fingerprint density at radius 2 is 0.847 bits per heavy atom. The number of phenolic OH excluding ortho intramolecular Hbond substituents is 1. The van der Waals surface area contributed by atoms with E-state index in [-0.39, 0.29) is 60.7 Å². The summed E-state index contributed by atoms with van der Waals surface area (Å²) in [5.74, 6) is 1.16. The van der Waals surface area contributed by atoms with Crippen molar-refractivity contribution in [1.29, 1.82) is 0 Å². The SMILES string of the molecule is CCOC(=O)Cc1coc2cc3ccc(O)cc3cc12.CCOC(=O)Cc1coc2cc3ccc(OCCCBr)cc3cc12.CCOC(=O)Cc1coc2cc3ccc(OCCCN(C)C)cc3cc12.CN(C)CCCOc1ccc2cc3occ(C4CCC(=O)NC4=O)c3cc2c1. The van der Waals surface area contributed by atoms with Crippen molar-refractivity contribution in [2.45, 2.75) is 78.1 Å². The lowest BCUT2D eigenvalue weighted by molar-refractivity contribution is -0.143. The highest BCUT2D eigenvalue weighted by atomic mass is 79.9. The fourth-order valence-electron chi connectivity index (χ4n) is 11.6. The number of esters is 3. The van der Waals surface area contributed by atoms with Crippen molar-refractivity contribution in [1.82, 2.24) is 15.1 Å². The highest BCUT2D eigenvalue weighted by Gasteiger charge is 2.31. The van der Waals surface area contributed by atoms with Crippen LogP contribution >= 0.6 is 15.9 Å². The molecule has 1 saturated heterocycles. The van der Waals surface area contributed by atoms with Crippen LogP contribution in [0.5, 0.6) is 23.0 Å². The molecule has 4 aromatic heterocycles. The van der Waals surface area contributed by atoms with Gasteiger partial charge in [-0.25, -0.2) is 0 Å². The molecule has 5 heterocycles. The largest absolute Gasteiger partial charge is 0.508 e. The summed E-state index contributed by atoms with van der Waals surface area (Å²) in [5, 5.41) is 24.8. The molecule has 1 unspecified atom stereocenters. The number of fused-ring (bicyclic) bond motifs is 8. The molecule has 2 amide bonds. The molecule has 13 rings (SSSR count). The summed E-state index contributed by atoms with van der Waals surface area (Å²) in [6, 6.07) is 39.1. The number of carbonyl (C=O) groups is 5. The Hall–Kier alpha value is -9.89. The third-order valence-electron chi connectivity index (χ3n) is 16.4. The van der Waals surface area contributed by atoms with Gasteiger partial charge in [0.15, 0.2) is 0 Å². The number of phenols is 1.